The molecule has 0 aliphatic carbocycles. The van der Waals surface area contributed by atoms with Crippen molar-refractivity contribution in [2.45, 2.75) is 71.3 Å². The lowest BCUT2D eigenvalue weighted by Gasteiger charge is -2.34. The van der Waals surface area contributed by atoms with E-state index in [4.69, 9.17) is 0 Å². The number of likely N-dealkylation sites (tertiary alicyclic amines) is 1. The van der Waals surface area contributed by atoms with Gasteiger partial charge in [-0.25, -0.2) is 0 Å². The Balaban J connectivity index is 1.55. The van der Waals surface area contributed by atoms with Crippen LogP contribution in [0.15, 0.2) is 42.5 Å². The number of carbonyl (C=O) groups excluding carboxylic acids is 2. The average Bonchev–Trinajstić information content (AvgIpc) is 2.86. The highest BCUT2D eigenvalue weighted by atomic mass is 16.2. The first-order chi connectivity index (χ1) is 16.2. The molecular weight excluding hydrogens is 410 g/mol. The normalized spacial score (nSPS) is 15.8. The van der Waals surface area contributed by atoms with E-state index in [1.54, 1.807) is 0 Å². The van der Waals surface area contributed by atoms with Crippen LogP contribution in [-0.4, -0.2) is 36.3 Å². The molecular formula is C28H37N3O2. The van der Waals surface area contributed by atoms with Crippen molar-refractivity contribution in [2.24, 2.45) is 0 Å². The molecule has 0 radical (unpaired) electrons. The number of anilines is 2. The molecule has 0 saturated carbocycles. The standard InChI is InChI=1S/C28H37N3O2/c1-2-3-4-6-13-27(32)29-24-14-15-26(25(20-24)28(33)30-17-9-5-10-18-30)31-19-16-22-11-7-8-12-23(22)21-31/h7-8,11-12,14-15,20H,2-6,9-10,13,16-19,21H2,1H3,(H,29,32). The van der Waals surface area contributed by atoms with Gasteiger partial charge in [0.15, 0.2) is 0 Å². The van der Waals surface area contributed by atoms with Gasteiger partial charge in [0.2, 0.25) is 5.91 Å². The Bertz CT molecular complexity index is 965. The van der Waals surface area contributed by atoms with Gasteiger partial charge in [-0.15, -0.1) is 0 Å². The summed E-state index contributed by atoms with van der Waals surface area (Å²) in [5.41, 5.74) is 5.12. The molecule has 1 saturated heterocycles. The first kappa shape index (κ1) is 23.3. The molecule has 2 aliphatic heterocycles. The van der Waals surface area contributed by atoms with E-state index in [9.17, 15) is 9.59 Å². The Labute approximate surface area is 198 Å². The van der Waals surface area contributed by atoms with Crippen molar-refractivity contribution >= 4 is 23.2 Å². The third-order valence-electron chi connectivity index (χ3n) is 6.88. The quantitative estimate of drug-likeness (QED) is 0.522. The van der Waals surface area contributed by atoms with Crippen LogP contribution in [0.2, 0.25) is 0 Å². The summed E-state index contributed by atoms with van der Waals surface area (Å²) in [4.78, 5) is 30.3. The third kappa shape index (κ3) is 5.95. The van der Waals surface area contributed by atoms with E-state index < -0.39 is 0 Å². The molecule has 0 aromatic heterocycles. The molecule has 176 valence electrons. The number of carbonyl (C=O) groups is 2. The average molecular weight is 448 g/mol. The highest BCUT2D eigenvalue weighted by Gasteiger charge is 2.25. The second kappa shape index (κ2) is 11.4. The topological polar surface area (TPSA) is 52.7 Å². The van der Waals surface area contributed by atoms with Crippen LogP contribution >= 0.6 is 0 Å². The summed E-state index contributed by atoms with van der Waals surface area (Å²) in [7, 11) is 0. The molecule has 1 N–H and O–H groups in total. The fourth-order valence-corrected chi connectivity index (χ4v) is 4.97. The van der Waals surface area contributed by atoms with Crippen LogP contribution < -0.4 is 10.2 Å². The fourth-order valence-electron chi connectivity index (χ4n) is 4.97. The Morgan fingerprint density at radius 2 is 1.70 bits per heavy atom. The summed E-state index contributed by atoms with van der Waals surface area (Å²) in [6.07, 6.45) is 9.13. The molecule has 0 atom stereocenters. The van der Waals surface area contributed by atoms with E-state index in [1.807, 2.05) is 23.1 Å². The molecule has 5 heteroatoms. The van der Waals surface area contributed by atoms with Gasteiger partial charge in [0.1, 0.15) is 0 Å². The molecule has 5 nitrogen and oxygen atoms in total. The number of nitrogens with one attached hydrogen (secondary N) is 1. The first-order valence-corrected chi connectivity index (χ1v) is 12.7. The summed E-state index contributed by atoms with van der Waals surface area (Å²) < 4.78 is 0. The second-order valence-corrected chi connectivity index (χ2v) is 9.38. The summed E-state index contributed by atoms with van der Waals surface area (Å²) >= 11 is 0. The monoisotopic (exact) mass is 447 g/mol. The summed E-state index contributed by atoms with van der Waals surface area (Å²) in [5, 5.41) is 3.03. The van der Waals surface area contributed by atoms with Crippen molar-refractivity contribution in [1.29, 1.82) is 0 Å². The Hall–Kier alpha value is -2.82. The van der Waals surface area contributed by atoms with Gasteiger partial charge in [-0.3, -0.25) is 9.59 Å². The number of nitrogens with zero attached hydrogens (tertiary/aromatic N) is 2. The minimum Gasteiger partial charge on any atom is -0.366 e. The SMILES string of the molecule is CCCCCCC(=O)Nc1ccc(N2CCc3ccccc3C2)c(C(=O)N2CCCCC2)c1. The van der Waals surface area contributed by atoms with Crippen molar-refractivity contribution < 1.29 is 9.59 Å². The highest BCUT2D eigenvalue weighted by molar-refractivity contribution is 6.02. The zero-order valence-electron chi connectivity index (χ0n) is 19.9. The molecule has 4 rings (SSSR count). The summed E-state index contributed by atoms with van der Waals surface area (Å²) in [6.45, 7) is 5.49. The van der Waals surface area contributed by atoms with E-state index in [1.165, 1.54) is 17.5 Å². The molecule has 2 aliphatic rings. The lowest BCUT2D eigenvalue weighted by molar-refractivity contribution is -0.116. The zero-order chi connectivity index (χ0) is 23.0. The lowest BCUT2D eigenvalue weighted by Crippen LogP contribution is -2.38. The van der Waals surface area contributed by atoms with E-state index in [-0.39, 0.29) is 11.8 Å². The molecule has 0 bridgehead atoms. The maximum atomic E-state index is 13.6. The number of rotatable bonds is 8. The molecule has 2 aromatic rings. The van der Waals surface area contributed by atoms with Gasteiger partial charge in [-0.05, 0) is 61.4 Å². The largest absolute Gasteiger partial charge is 0.366 e. The van der Waals surface area contributed by atoms with Crippen LogP contribution in [0.4, 0.5) is 11.4 Å². The van der Waals surface area contributed by atoms with E-state index in [2.05, 4.69) is 41.4 Å². The number of piperidine rings is 1. The Morgan fingerprint density at radius 3 is 2.48 bits per heavy atom. The summed E-state index contributed by atoms with van der Waals surface area (Å²) in [6, 6.07) is 14.4. The number of hydrogen-bond donors (Lipinski definition) is 1. The van der Waals surface area contributed by atoms with Gasteiger partial charge < -0.3 is 15.1 Å². The molecule has 2 aromatic carbocycles. The van der Waals surface area contributed by atoms with E-state index in [0.29, 0.717) is 12.0 Å². The van der Waals surface area contributed by atoms with Gasteiger partial charge in [-0.1, -0.05) is 50.5 Å². The van der Waals surface area contributed by atoms with Gasteiger partial charge in [-0.2, -0.15) is 0 Å². The van der Waals surface area contributed by atoms with Gasteiger partial charge in [0, 0.05) is 44.0 Å². The van der Waals surface area contributed by atoms with Gasteiger partial charge in [0.25, 0.3) is 5.91 Å². The van der Waals surface area contributed by atoms with Gasteiger partial charge in [0.05, 0.1) is 5.56 Å². The molecule has 0 spiro atoms. The number of unbranched alkanes of at least 4 members (excludes halogenated alkanes) is 3. The van der Waals surface area contributed by atoms with Crippen LogP contribution in [-0.2, 0) is 17.8 Å². The van der Waals surface area contributed by atoms with Crippen LogP contribution in [0.1, 0.15) is 79.8 Å². The predicted octanol–water partition coefficient (Wildman–Crippen LogP) is 5.78. The number of hydrogen-bond acceptors (Lipinski definition) is 3. The molecule has 33 heavy (non-hydrogen) atoms. The lowest BCUT2D eigenvalue weighted by atomic mass is 9.98. The van der Waals surface area contributed by atoms with Crippen LogP contribution in [0.5, 0.6) is 0 Å². The Kier molecular flexibility index (Phi) is 8.03. The van der Waals surface area contributed by atoms with E-state index >= 15 is 0 Å². The molecule has 2 amide bonds. The molecule has 2 heterocycles. The fraction of sp³-hybridized carbons (Fsp3) is 0.500. The zero-order valence-corrected chi connectivity index (χ0v) is 19.9. The van der Waals surface area contributed by atoms with Crippen molar-refractivity contribution in [3.05, 3.63) is 59.2 Å². The minimum absolute atomic E-state index is 0.0297. The number of amides is 2. The highest BCUT2D eigenvalue weighted by Crippen LogP contribution is 2.31. The minimum atomic E-state index is 0.0297. The smallest absolute Gasteiger partial charge is 0.256 e. The Morgan fingerprint density at radius 1 is 0.909 bits per heavy atom. The van der Waals surface area contributed by atoms with Crippen molar-refractivity contribution in [2.75, 3.05) is 29.9 Å². The van der Waals surface area contributed by atoms with Crippen LogP contribution in [0.25, 0.3) is 0 Å². The van der Waals surface area contributed by atoms with E-state index in [0.717, 1.165) is 82.5 Å². The molecule has 0 unspecified atom stereocenters. The predicted molar refractivity (Wildman–Crippen MR) is 135 cm³/mol. The molecule has 1 fully saturated rings. The van der Waals surface area contributed by atoms with Crippen molar-refractivity contribution in [3.8, 4) is 0 Å². The second-order valence-electron chi connectivity index (χ2n) is 9.38. The van der Waals surface area contributed by atoms with Crippen molar-refractivity contribution in [3.63, 3.8) is 0 Å². The van der Waals surface area contributed by atoms with Crippen molar-refractivity contribution in [1.82, 2.24) is 4.90 Å². The van der Waals surface area contributed by atoms with Gasteiger partial charge >= 0.3 is 0 Å². The first-order valence-electron chi connectivity index (χ1n) is 12.7. The summed E-state index contributed by atoms with van der Waals surface area (Å²) in [5.74, 6) is 0.115. The van der Waals surface area contributed by atoms with Crippen LogP contribution in [0.3, 0.4) is 0 Å². The maximum absolute atomic E-state index is 13.6. The maximum Gasteiger partial charge on any atom is 0.256 e. The number of fused-ring (bicyclic) bond motifs is 1. The third-order valence-corrected chi connectivity index (χ3v) is 6.88. The number of benzene rings is 2. The van der Waals surface area contributed by atoms with Crippen LogP contribution in [0, 0.1) is 0 Å².